The van der Waals surface area contributed by atoms with Crippen molar-refractivity contribution in [3.63, 3.8) is 0 Å². The average Bonchev–Trinajstić information content (AvgIpc) is 3.16. The lowest BCUT2D eigenvalue weighted by molar-refractivity contribution is -0.177. The first-order valence-corrected chi connectivity index (χ1v) is 11.1. The van der Waals surface area contributed by atoms with Gasteiger partial charge in [-0.05, 0) is 29.2 Å². The fourth-order valence-electron chi connectivity index (χ4n) is 4.53. The smallest absolute Gasteiger partial charge is 0.407 e. The number of fused-ring (bicyclic) bond motifs is 3. The Morgan fingerprint density at radius 3 is 2.35 bits per heavy atom. The Bertz CT molecular complexity index is 1040. The number of benzene rings is 2. The lowest BCUT2D eigenvalue weighted by Gasteiger charge is -2.38. The van der Waals surface area contributed by atoms with Gasteiger partial charge in [-0.15, -0.1) is 0 Å². The van der Waals surface area contributed by atoms with Gasteiger partial charge in [0.05, 0.1) is 19.8 Å². The van der Waals surface area contributed by atoms with Gasteiger partial charge in [0, 0.05) is 19.6 Å². The molecular weight excluding hydrogens is 440 g/mol. The van der Waals surface area contributed by atoms with E-state index in [0.29, 0.717) is 0 Å². The number of amides is 2. The molecule has 0 aromatic heterocycles. The molecule has 1 aliphatic heterocycles. The van der Waals surface area contributed by atoms with Gasteiger partial charge in [0.1, 0.15) is 12.6 Å². The Morgan fingerprint density at radius 2 is 1.76 bits per heavy atom. The first kappa shape index (κ1) is 23.7. The van der Waals surface area contributed by atoms with Gasteiger partial charge >= 0.3 is 12.1 Å². The molecule has 1 saturated heterocycles. The molecule has 4 rings (SSSR count). The van der Waals surface area contributed by atoms with Crippen LogP contribution in [0.5, 0.6) is 0 Å². The third-order valence-electron chi connectivity index (χ3n) is 6.31. The van der Waals surface area contributed by atoms with Crippen LogP contribution in [0.2, 0.25) is 0 Å². The molecule has 0 radical (unpaired) electrons. The van der Waals surface area contributed by atoms with Gasteiger partial charge in [0.25, 0.3) is 0 Å². The second kappa shape index (κ2) is 9.82. The average molecular weight is 469 g/mol. The Labute approximate surface area is 197 Å². The van der Waals surface area contributed by atoms with E-state index in [1.54, 1.807) is 0 Å². The normalized spacial score (nSPS) is 20.2. The molecule has 2 aromatic carbocycles. The molecule has 2 amide bonds. The van der Waals surface area contributed by atoms with Crippen LogP contribution in [0.1, 0.15) is 24.0 Å². The number of morpholine rings is 1. The van der Waals surface area contributed by atoms with E-state index in [1.165, 1.54) is 18.9 Å². The predicted octanol–water partition coefficient (Wildman–Crippen LogP) is 2.24. The van der Waals surface area contributed by atoms with Crippen molar-refractivity contribution in [3.05, 3.63) is 59.7 Å². The van der Waals surface area contributed by atoms with Crippen LogP contribution in [0.4, 0.5) is 4.79 Å². The van der Waals surface area contributed by atoms with E-state index in [1.807, 2.05) is 36.4 Å². The number of ether oxygens (including phenoxy) is 3. The Morgan fingerprint density at radius 1 is 1.15 bits per heavy atom. The van der Waals surface area contributed by atoms with Gasteiger partial charge in [0.2, 0.25) is 5.91 Å². The van der Waals surface area contributed by atoms with E-state index >= 15 is 0 Å². The lowest BCUT2D eigenvalue weighted by atomic mass is 9.98. The highest BCUT2D eigenvalue weighted by Crippen LogP contribution is 2.44. The minimum Gasteiger partial charge on any atom is -0.479 e. The fourth-order valence-corrected chi connectivity index (χ4v) is 4.53. The quantitative estimate of drug-likeness (QED) is 0.641. The summed E-state index contributed by atoms with van der Waals surface area (Å²) < 4.78 is 16.0. The number of carbonyl (C=O) groups excluding carboxylic acids is 2. The van der Waals surface area contributed by atoms with Crippen molar-refractivity contribution in [1.29, 1.82) is 0 Å². The summed E-state index contributed by atoms with van der Waals surface area (Å²) in [5.41, 5.74) is 2.90. The van der Waals surface area contributed by atoms with E-state index in [-0.39, 0.29) is 38.8 Å². The monoisotopic (exact) mass is 468 g/mol. The first-order chi connectivity index (χ1) is 16.3. The number of carbonyl (C=O) groups is 3. The number of alkyl carbamates (subject to hydrolysis) is 1. The molecular formula is C25H28N2O7. The van der Waals surface area contributed by atoms with Crippen molar-refractivity contribution in [3.8, 4) is 11.1 Å². The van der Waals surface area contributed by atoms with Crippen molar-refractivity contribution in [1.82, 2.24) is 10.2 Å². The van der Waals surface area contributed by atoms with Crippen LogP contribution in [0.15, 0.2) is 48.5 Å². The number of hydrogen-bond acceptors (Lipinski definition) is 6. The number of nitrogens with zero attached hydrogens (tertiary/aromatic N) is 1. The zero-order valence-corrected chi connectivity index (χ0v) is 19.2. The van der Waals surface area contributed by atoms with E-state index in [9.17, 15) is 19.5 Å². The summed E-state index contributed by atoms with van der Waals surface area (Å²) in [5.74, 6) is -1.71. The summed E-state index contributed by atoms with van der Waals surface area (Å²) in [7, 11) is 1.42. The lowest BCUT2D eigenvalue weighted by Crippen LogP contribution is -2.60. The molecule has 1 heterocycles. The molecule has 1 fully saturated rings. The van der Waals surface area contributed by atoms with Crippen molar-refractivity contribution >= 4 is 18.0 Å². The molecule has 9 heteroatoms. The Hall–Kier alpha value is -3.43. The molecule has 34 heavy (non-hydrogen) atoms. The van der Waals surface area contributed by atoms with Gasteiger partial charge in [-0.2, -0.15) is 0 Å². The largest absolute Gasteiger partial charge is 0.479 e. The van der Waals surface area contributed by atoms with Crippen LogP contribution in [0, 0.1) is 0 Å². The molecule has 9 nitrogen and oxygen atoms in total. The number of hydrogen-bond donors (Lipinski definition) is 2. The zero-order chi connectivity index (χ0) is 24.3. The molecule has 2 unspecified atom stereocenters. The maximum absolute atomic E-state index is 13.0. The van der Waals surface area contributed by atoms with E-state index in [2.05, 4.69) is 17.4 Å². The standard InChI is InChI=1S/C25H28N2O7/c1-25(23(29)30)15-27(11-12-34-25)22(28)21(14-32-2)26-24(31)33-13-20-18-9-5-3-7-16(18)17-8-4-6-10-19(17)20/h3-10,20-21H,11-15H2,1-2H3,(H,26,31)(H,29,30). The molecule has 1 aliphatic carbocycles. The van der Waals surface area contributed by atoms with Gasteiger partial charge in [0.15, 0.2) is 5.60 Å². The maximum atomic E-state index is 13.0. The van der Waals surface area contributed by atoms with E-state index in [0.717, 1.165) is 22.3 Å². The summed E-state index contributed by atoms with van der Waals surface area (Å²) in [6.07, 6.45) is -0.744. The van der Waals surface area contributed by atoms with Crippen LogP contribution >= 0.6 is 0 Å². The predicted molar refractivity (Wildman–Crippen MR) is 122 cm³/mol. The molecule has 0 spiro atoms. The summed E-state index contributed by atoms with van der Waals surface area (Å²) >= 11 is 0. The second-order valence-corrected chi connectivity index (χ2v) is 8.62. The number of methoxy groups -OCH3 is 1. The van der Waals surface area contributed by atoms with Gasteiger partial charge in [-0.25, -0.2) is 9.59 Å². The highest BCUT2D eigenvalue weighted by molar-refractivity contribution is 5.87. The number of carboxylic acid groups (broad SMARTS) is 1. The zero-order valence-electron chi connectivity index (χ0n) is 19.2. The molecule has 0 bridgehead atoms. The third-order valence-corrected chi connectivity index (χ3v) is 6.31. The van der Waals surface area contributed by atoms with Crippen molar-refractivity contribution in [2.24, 2.45) is 0 Å². The molecule has 180 valence electrons. The highest BCUT2D eigenvalue weighted by Gasteiger charge is 2.42. The van der Waals surface area contributed by atoms with Crippen LogP contribution in [0.25, 0.3) is 11.1 Å². The fraction of sp³-hybridized carbons (Fsp3) is 0.400. The summed E-state index contributed by atoms with van der Waals surface area (Å²) in [6, 6.07) is 15.0. The summed E-state index contributed by atoms with van der Waals surface area (Å²) in [6.45, 7) is 1.62. The van der Waals surface area contributed by atoms with Crippen LogP contribution in [-0.2, 0) is 23.8 Å². The Kier molecular flexibility index (Phi) is 6.85. The molecule has 0 saturated carbocycles. The van der Waals surface area contributed by atoms with Crippen molar-refractivity contribution < 1.29 is 33.7 Å². The van der Waals surface area contributed by atoms with Crippen molar-refractivity contribution in [2.75, 3.05) is 40.0 Å². The number of rotatable bonds is 7. The highest BCUT2D eigenvalue weighted by atomic mass is 16.6. The minimum absolute atomic E-state index is 0.0792. The first-order valence-electron chi connectivity index (χ1n) is 11.1. The van der Waals surface area contributed by atoms with Crippen molar-refractivity contribution in [2.45, 2.75) is 24.5 Å². The van der Waals surface area contributed by atoms with Crippen LogP contribution < -0.4 is 5.32 Å². The van der Waals surface area contributed by atoms with E-state index in [4.69, 9.17) is 14.2 Å². The molecule has 2 N–H and O–H groups in total. The SMILES string of the molecule is COCC(NC(=O)OCC1c2ccccc2-c2ccccc21)C(=O)N1CCOC(C)(C(=O)O)C1. The van der Waals surface area contributed by atoms with Crippen LogP contribution in [0.3, 0.4) is 0 Å². The summed E-state index contributed by atoms with van der Waals surface area (Å²) in [4.78, 5) is 38.6. The maximum Gasteiger partial charge on any atom is 0.407 e. The topological polar surface area (TPSA) is 114 Å². The molecule has 2 atom stereocenters. The summed E-state index contributed by atoms with van der Waals surface area (Å²) in [5, 5.41) is 12.0. The number of carboxylic acids is 1. The van der Waals surface area contributed by atoms with Crippen LogP contribution in [-0.4, -0.2) is 79.6 Å². The molecule has 2 aliphatic rings. The Balaban J connectivity index is 1.41. The second-order valence-electron chi connectivity index (χ2n) is 8.62. The van der Waals surface area contributed by atoms with Gasteiger partial charge < -0.3 is 29.5 Å². The van der Waals surface area contributed by atoms with Gasteiger partial charge in [-0.3, -0.25) is 4.79 Å². The molecule has 2 aromatic rings. The number of nitrogens with one attached hydrogen (secondary N) is 1. The minimum atomic E-state index is -1.50. The van der Waals surface area contributed by atoms with E-state index < -0.39 is 29.6 Å². The third kappa shape index (κ3) is 4.62. The number of aliphatic carboxylic acids is 1. The van der Waals surface area contributed by atoms with Gasteiger partial charge in [-0.1, -0.05) is 48.5 Å².